The number of rotatable bonds is 4. The molecule has 1 saturated carbocycles. The van der Waals surface area contributed by atoms with E-state index in [2.05, 4.69) is 11.9 Å². The van der Waals surface area contributed by atoms with Crippen LogP contribution >= 0.6 is 0 Å². The van der Waals surface area contributed by atoms with E-state index < -0.39 is 5.60 Å². The van der Waals surface area contributed by atoms with Gasteiger partial charge in [0.2, 0.25) is 0 Å². The Morgan fingerprint density at radius 2 is 1.95 bits per heavy atom. The van der Waals surface area contributed by atoms with E-state index in [4.69, 9.17) is 14.2 Å². The lowest BCUT2D eigenvalue weighted by molar-refractivity contribution is -0.183. The minimum absolute atomic E-state index is 0.0612. The van der Waals surface area contributed by atoms with Gasteiger partial charge in [0.1, 0.15) is 5.60 Å². The molecule has 1 atom stereocenters. The molecule has 1 spiro atoms. The summed E-state index contributed by atoms with van der Waals surface area (Å²) in [6.45, 7) is 10.8. The number of amides is 1. The molecule has 22 heavy (non-hydrogen) atoms. The molecule has 1 aliphatic heterocycles. The SMILES string of the molecule is C=CCC(NC(=O)OC(C)(C)C)C1CCC2(CC1)OCCO2. The topological polar surface area (TPSA) is 56.8 Å². The standard InChI is InChI=1S/C17H29NO4/c1-5-6-14(18-15(19)22-16(2,3)4)13-7-9-17(10-8-13)20-11-12-21-17/h5,13-14H,1,6-12H2,2-4H3,(H,18,19). The monoisotopic (exact) mass is 311 g/mol. The van der Waals surface area contributed by atoms with Gasteiger partial charge in [0.15, 0.2) is 5.79 Å². The molecule has 2 fully saturated rings. The summed E-state index contributed by atoms with van der Waals surface area (Å²) in [7, 11) is 0. The number of carbonyl (C=O) groups excluding carboxylic acids is 1. The molecule has 1 aliphatic carbocycles. The van der Waals surface area contributed by atoms with Gasteiger partial charge in [-0.1, -0.05) is 6.08 Å². The van der Waals surface area contributed by atoms with E-state index >= 15 is 0 Å². The molecular formula is C17H29NO4. The van der Waals surface area contributed by atoms with Crippen LogP contribution in [-0.4, -0.2) is 36.7 Å². The highest BCUT2D eigenvalue weighted by Gasteiger charge is 2.42. The quantitative estimate of drug-likeness (QED) is 0.809. The maximum atomic E-state index is 12.0. The van der Waals surface area contributed by atoms with E-state index in [1.807, 2.05) is 26.8 Å². The van der Waals surface area contributed by atoms with E-state index in [0.717, 1.165) is 32.1 Å². The molecule has 1 saturated heterocycles. The maximum Gasteiger partial charge on any atom is 0.407 e. The Kier molecular flexibility index (Phi) is 5.50. The lowest BCUT2D eigenvalue weighted by atomic mass is 9.80. The van der Waals surface area contributed by atoms with Gasteiger partial charge in [0, 0.05) is 18.9 Å². The molecule has 1 N–H and O–H groups in total. The maximum absolute atomic E-state index is 12.0. The van der Waals surface area contributed by atoms with Crippen LogP contribution in [0.5, 0.6) is 0 Å². The molecule has 2 aliphatic rings. The first kappa shape index (κ1) is 17.3. The van der Waals surface area contributed by atoms with Crippen molar-refractivity contribution in [2.45, 2.75) is 70.3 Å². The van der Waals surface area contributed by atoms with Crippen LogP contribution in [-0.2, 0) is 14.2 Å². The highest BCUT2D eigenvalue weighted by molar-refractivity contribution is 5.68. The summed E-state index contributed by atoms with van der Waals surface area (Å²) >= 11 is 0. The van der Waals surface area contributed by atoms with Crippen LogP contribution in [0.1, 0.15) is 52.9 Å². The highest BCUT2D eigenvalue weighted by atomic mass is 16.7. The second-order valence-electron chi connectivity index (χ2n) is 7.22. The molecule has 0 aromatic heterocycles. The highest BCUT2D eigenvalue weighted by Crippen LogP contribution is 2.39. The van der Waals surface area contributed by atoms with Crippen molar-refractivity contribution in [3.8, 4) is 0 Å². The predicted molar refractivity (Wildman–Crippen MR) is 84.6 cm³/mol. The second kappa shape index (κ2) is 7.01. The van der Waals surface area contributed by atoms with Gasteiger partial charge >= 0.3 is 6.09 Å². The van der Waals surface area contributed by atoms with Gasteiger partial charge in [-0.3, -0.25) is 0 Å². The van der Waals surface area contributed by atoms with Gasteiger partial charge in [0.05, 0.1) is 13.2 Å². The average Bonchev–Trinajstić information content (AvgIpc) is 2.85. The van der Waals surface area contributed by atoms with Crippen molar-refractivity contribution in [3.63, 3.8) is 0 Å². The number of nitrogens with one attached hydrogen (secondary N) is 1. The summed E-state index contributed by atoms with van der Waals surface area (Å²) in [6.07, 6.45) is 5.99. The normalized spacial score (nSPS) is 23.2. The smallest absolute Gasteiger partial charge is 0.407 e. The van der Waals surface area contributed by atoms with Crippen LogP contribution in [0, 0.1) is 5.92 Å². The zero-order chi connectivity index (χ0) is 16.2. The Morgan fingerprint density at radius 1 is 1.36 bits per heavy atom. The number of hydrogen-bond donors (Lipinski definition) is 1. The summed E-state index contributed by atoms with van der Waals surface area (Å²) in [5.74, 6) is 0.0465. The molecular weight excluding hydrogens is 282 g/mol. The Labute approximate surface area is 133 Å². The number of hydrogen-bond acceptors (Lipinski definition) is 4. The van der Waals surface area contributed by atoms with Gasteiger partial charge in [-0.15, -0.1) is 6.58 Å². The van der Waals surface area contributed by atoms with Crippen molar-refractivity contribution in [2.75, 3.05) is 13.2 Å². The lowest BCUT2D eigenvalue weighted by Gasteiger charge is -2.38. The van der Waals surface area contributed by atoms with Crippen LogP contribution in [0.4, 0.5) is 4.79 Å². The zero-order valence-electron chi connectivity index (χ0n) is 14.0. The van der Waals surface area contributed by atoms with Gasteiger partial charge in [-0.25, -0.2) is 4.79 Å². The number of carbonyl (C=O) groups is 1. The lowest BCUT2D eigenvalue weighted by Crippen LogP contribution is -2.46. The van der Waals surface area contributed by atoms with Gasteiger partial charge < -0.3 is 19.5 Å². The van der Waals surface area contributed by atoms with Gasteiger partial charge in [-0.2, -0.15) is 0 Å². The first-order valence-electron chi connectivity index (χ1n) is 8.22. The molecule has 0 aromatic rings. The van der Waals surface area contributed by atoms with E-state index in [1.54, 1.807) is 0 Å². The minimum Gasteiger partial charge on any atom is -0.444 e. The van der Waals surface area contributed by atoms with Crippen LogP contribution in [0.2, 0.25) is 0 Å². The van der Waals surface area contributed by atoms with E-state index in [9.17, 15) is 4.79 Å². The Morgan fingerprint density at radius 3 is 2.45 bits per heavy atom. The van der Waals surface area contributed by atoms with Gasteiger partial charge in [0.25, 0.3) is 0 Å². The summed E-state index contributed by atoms with van der Waals surface area (Å²) in [5.41, 5.74) is -0.481. The van der Waals surface area contributed by atoms with Crippen molar-refractivity contribution in [1.29, 1.82) is 0 Å². The fourth-order valence-electron chi connectivity index (χ4n) is 3.28. The molecule has 126 valence electrons. The summed E-state index contributed by atoms with van der Waals surface area (Å²) in [4.78, 5) is 12.0. The fraction of sp³-hybridized carbons (Fsp3) is 0.824. The average molecular weight is 311 g/mol. The van der Waals surface area contributed by atoms with Crippen LogP contribution in [0.15, 0.2) is 12.7 Å². The van der Waals surface area contributed by atoms with E-state index in [-0.39, 0.29) is 17.9 Å². The van der Waals surface area contributed by atoms with Crippen LogP contribution in [0.25, 0.3) is 0 Å². The molecule has 0 aromatic carbocycles. The number of alkyl carbamates (subject to hydrolysis) is 1. The van der Waals surface area contributed by atoms with E-state index in [0.29, 0.717) is 19.1 Å². The Bertz CT molecular complexity index is 386. The number of ether oxygens (including phenoxy) is 3. The molecule has 0 bridgehead atoms. The third kappa shape index (κ3) is 4.71. The minimum atomic E-state index is -0.481. The van der Waals surface area contributed by atoms with E-state index in [1.165, 1.54) is 0 Å². The molecule has 1 unspecified atom stereocenters. The first-order valence-corrected chi connectivity index (χ1v) is 8.22. The molecule has 0 radical (unpaired) electrons. The summed E-state index contributed by atoms with van der Waals surface area (Å²) in [6, 6.07) is 0.0612. The zero-order valence-corrected chi connectivity index (χ0v) is 14.0. The van der Waals surface area contributed by atoms with Crippen molar-refractivity contribution >= 4 is 6.09 Å². The van der Waals surface area contributed by atoms with Crippen molar-refractivity contribution < 1.29 is 19.0 Å². The Balaban J connectivity index is 1.88. The summed E-state index contributed by atoms with van der Waals surface area (Å²) < 4.78 is 16.9. The molecule has 1 heterocycles. The van der Waals surface area contributed by atoms with Gasteiger partial charge in [-0.05, 0) is 46.0 Å². The third-order valence-corrected chi connectivity index (χ3v) is 4.30. The Hall–Kier alpha value is -1.07. The van der Waals surface area contributed by atoms with Crippen LogP contribution < -0.4 is 5.32 Å². The molecule has 5 nitrogen and oxygen atoms in total. The predicted octanol–water partition coefficient (Wildman–Crippen LogP) is 3.39. The molecule has 2 rings (SSSR count). The summed E-state index contributed by atoms with van der Waals surface area (Å²) in [5, 5.41) is 3.01. The third-order valence-electron chi connectivity index (χ3n) is 4.30. The van der Waals surface area contributed by atoms with Crippen LogP contribution in [0.3, 0.4) is 0 Å². The second-order valence-corrected chi connectivity index (χ2v) is 7.22. The largest absolute Gasteiger partial charge is 0.444 e. The molecule has 5 heteroatoms. The van der Waals surface area contributed by atoms with Crippen molar-refractivity contribution in [1.82, 2.24) is 5.32 Å². The first-order chi connectivity index (χ1) is 10.3. The van der Waals surface area contributed by atoms with Crippen molar-refractivity contribution in [3.05, 3.63) is 12.7 Å². The molecule has 1 amide bonds. The van der Waals surface area contributed by atoms with Crippen molar-refractivity contribution in [2.24, 2.45) is 5.92 Å². The fourth-order valence-corrected chi connectivity index (χ4v) is 3.28.